The minimum Gasteiger partial charge on any atom is -0.452 e. The molecule has 2 heterocycles. The van der Waals surface area contributed by atoms with Crippen LogP contribution in [0, 0.1) is 15.5 Å². The molecule has 1 aromatic heterocycles. The summed E-state index contributed by atoms with van der Waals surface area (Å²) in [6, 6.07) is 9.26. The number of nitrogens with zero attached hydrogens (tertiary/aromatic N) is 3. The highest BCUT2D eigenvalue weighted by molar-refractivity contribution is 5.96. The zero-order valence-electron chi connectivity index (χ0n) is 33.9. The number of likely N-dealkylation sites (tertiary alicyclic amines) is 1. The molecule has 0 bridgehead atoms. The summed E-state index contributed by atoms with van der Waals surface area (Å²) < 4.78 is 11.9. The number of esters is 1. The van der Waals surface area contributed by atoms with Gasteiger partial charge in [-0.2, -0.15) is 0 Å². The second-order valence-electron chi connectivity index (χ2n) is 15.8. The standard InChI is InChI=1S/C41H56N6O10/c1-8-9-16-32(38(50)57-30-20-18-28(19-21-30)25-56-47(53)54)42-36(48)33(22-29-24-45(40(52)55-7)35-17-11-10-15-31(29)35)43-37(49)34(23-41(4,5)6)44-39(51)46-26(2)13-12-14-27(46)3/h10-11,15,17-21,24,26-27,32-34H,8-9,12-14,16,22-23,25H2,1-7H3,(H,42,48)(H,43,49)(H,44,51). The number of piperidine rings is 1. The molecule has 3 aromatic rings. The molecule has 0 saturated carbocycles. The van der Waals surface area contributed by atoms with Gasteiger partial charge in [0.1, 0.15) is 30.5 Å². The summed E-state index contributed by atoms with van der Waals surface area (Å²) in [5.74, 6) is -1.86. The first-order valence-electron chi connectivity index (χ1n) is 19.5. The number of carbonyl (C=O) groups excluding carboxylic acids is 5. The number of rotatable bonds is 16. The van der Waals surface area contributed by atoms with Gasteiger partial charge in [0.25, 0.3) is 5.09 Å². The summed E-state index contributed by atoms with van der Waals surface area (Å²) in [5.41, 5.74) is 1.17. The van der Waals surface area contributed by atoms with Crippen LogP contribution in [-0.2, 0) is 37.0 Å². The predicted molar refractivity (Wildman–Crippen MR) is 212 cm³/mol. The molecule has 1 saturated heterocycles. The van der Waals surface area contributed by atoms with Crippen molar-refractivity contribution in [1.82, 2.24) is 25.4 Å². The molecule has 1 fully saturated rings. The third kappa shape index (κ3) is 12.4. The number of hydrogen-bond donors (Lipinski definition) is 3. The second-order valence-corrected chi connectivity index (χ2v) is 15.8. The molecule has 0 radical (unpaired) electrons. The second kappa shape index (κ2) is 20.0. The Bertz CT molecular complexity index is 1880. The van der Waals surface area contributed by atoms with Gasteiger partial charge in [0.2, 0.25) is 11.8 Å². The summed E-state index contributed by atoms with van der Waals surface area (Å²) in [7, 11) is 1.26. The van der Waals surface area contributed by atoms with Crippen LogP contribution in [-0.4, -0.2) is 81.8 Å². The maximum atomic E-state index is 14.4. The van der Waals surface area contributed by atoms with Crippen LogP contribution in [0.5, 0.6) is 5.75 Å². The number of ether oxygens (including phenoxy) is 2. The van der Waals surface area contributed by atoms with Crippen molar-refractivity contribution in [2.24, 2.45) is 5.41 Å². The van der Waals surface area contributed by atoms with Crippen LogP contribution in [0.1, 0.15) is 97.6 Å². The number of carbonyl (C=O) groups is 5. The highest BCUT2D eigenvalue weighted by Crippen LogP contribution is 2.26. The van der Waals surface area contributed by atoms with Gasteiger partial charge in [0.05, 0.1) is 12.6 Å². The van der Waals surface area contributed by atoms with Gasteiger partial charge in [-0.1, -0.05) is 70.9 Å². The molecule has 4 amide bonds. The van der Waals surface area contributed by atoms with Crippen LogP contribution in [0.4, 0.5) is 9.59 Å². The maximum absolute atomic E-state index is 14.4. The van der Waals surface area contributed by atoms with Gasteiger partial charge >= 0.3 is 18.1 Å². The van der Waals surface area contributed by atoms with Crippen LogP contribution in [0.15, 0.2) is 54.7 Å². The lowest BCUT2D eigenvalue weighted by atomic mass is 9.87. The summed E-state index contributed by atoms with van der Waals surface area (Å²) in [6.45, 7) is 11.5. The zero-order chi connectivity index (χ0) is 41.9. The lowest BCUT2D eigenvalue weighted by Crippen LogP contribution is -2.60. The van der Waals surface area contributed by atoms with Crippen LogP contribution < -0.4 is 20.7 Å². The minimum absolute atomic E-state index is 0.0156. The van der Waals surface area contributed by atoms with Crippen molar-refractivity contribution in [3.05, 3.63) is 76.0 Å². The summed E-state index contributed by atoms with van der Waals surface area (Å²) in [5, 5.41) is 19.0. The van der Waals surface area contributed by atoms with E-state index in [1.807, 2.05) is 41.5 Å². The fourth-order valence-electron chi connectivity index (χ4n) is 7.13. The van der Waals surface area contributed by atoms with Crippen molar-refractivity contribution in [2.45, 2.75) is 130 Å². The van der Waals surface area contributed by atoms with E-state index < -0.39 is 52.5 Å². The number of fused-ring (bicyclic) bond motifs is 1. The Hall–Kier alpha value is -5.67. The highest BCUT2D eigenvalue weighted by atomic mass is 16.9. The smallest absolute Gasteiger partial charge is 0.418 e. The van der Waals surface area contributed by atoms with Crippen LogP contribution in [0.2, 0.25) is 0 Å². The first kappa shape index (κ1) is 44.0. The van der Waals surface area contributed by atoms with Crippen molar-refractivity contribution >= 4 is 40.8 Å². The van der Waals surface area contributed by atoms with E-state index in [0.717, 1.165) is 19.3 Å². The van der Waals surface area contributed by atoms with E-state index in [-0.39, 0.29) is 49.7 Å². The Morgan fingerprint density at radius 1 is 0.912 bits per heavy atom. The zero-order valence-corrected chi connectivity index (χ0v) is 33.9. The lowest BCUT2D eigenvalue weighted by molar-refractivity contribution is -0.763. The molecule has 310 valence electrons. The molecule has 2 aromatic carbocycles. The molecule has 4 rings (SSSR count). The summed E-state index contributed by atoms with van der Waals surface area (Å²) >= 11 is 0. The van der Waals surface area contributed by atoms with E-state index in [0.29, 0.717) is 34.9 Å². The Morgan fingerprint density at radius 2 is 1.54 bits per heavy atom. The third-order valence-electron chi connectivity index (χ3n) is 10.0. The Kier molecular flexibility index (Phi) is 15.4. The number of hydrogen-bond acceptors (Lipinski definition) is 10. The molecule has 0 aliphatic carbocycles. The largest absolute Gasteiger partial charge is 0.452 e. The van der Waals surface area contributed by atoms with Crippen molar-refractivity contribution in [3.63, 3.8) is 0 Å². The molecule has 16 nitrogen and oxygen atoms in total. The summed E-state index contributed by atoms with van der Waals surface area (Å²) in [4.78, 5) is 85.5. The highest BCUT2D eigenvalue weighted by Gasteiger charge is 2.36. The Morgan fingerprint density at radius 3 is 2.16 bits per heavy atom. The fraction of sp³-hybridized carbons (Fsp3) is 0.537. The number of para-hydroxylation sites is 1. The van der Waals surface area contributed by atoms with Gasteiger partial charge in [-0.25, -0.2) is 14.4 Å². The number of methoxy groups -OCH3 is 1. The molecule has 5 unspecified atom stereocenters. The van der Waals surface area contributed by atoms with Gasteiger partial charge in [-0.15, -0.1) is 10.1 Å². The van der Waals surface area contributed by atoms with Gasteiger partial charge in [-0.05, 0) is 80.7 Å². The van der Waals surface area contributed by atoms with E-state index in [9.17, 15) is 34.1 Å². The van der Waals surface area contributed by atoms with Crippen molar-refractivity contribution in [3.8, 4) is 5.75 Å². The summed E-state index contributed by atoms with van der Waals surface area (Å²) in [6.07, 6.45) is 5.30. The molecule has 16 heteroatoms. The van der Waals surface area contributed by atoms with Gasteiger partial charge in [0, 0.05) is 30.1 Å². The number of aromatic nitrogens is 1. The van der Waals surface area contributed by atoms with Gasteiger partial charge < -0.3 is 35.2 Å². The third-order valence-corrected chi connectivity index (χ3v) is 10.0. The first-order valence-corrected chi connectivity index (χ1v) is 19.5. The molecule has 5 atom stereocenters. The van der Waals surface area contributed by atoms with E-state index in [1.165, 1.54) is 35.9 Å². The molecular formula is C41H56N6O10. The van der Waals surface area contributed by atoms with Gasteiger partial charge in [-0.3, -0.25) is 14.2 Å². The average molecular weight is 793 g/mol. The quantitative estimate of drug-likeness (QED) is 0.0664. The van der Waals surface area contributed by atoms with Crippen molar-refractivity contribution < 1.29 is 43.4 Å². The molecule has 3 N–H and O–H groups in total. The first-order chi connectivity index (χ1) is 27.0. The SMILES string of the molecule is CCCCC(NC(=O)C(Cc1cn(C(=O)OC)c2ccccc12)NC(=O)C(CC(C)(C)C)NC(=O)N1C(C)CCCC1C)C(=O)Oc1ccc(CO[N+](=O)[O-])cc1. The van der Waals surface area contributed by atoms with Crippen LogP contribution in [0.3, 0.4) is 0 Å². The Balaban J connectivity index is 1.65. The number of unbranched alkanes of at least 4 members (excludes halogenated alkanes) is 1. The number of amides is 4. The minimum atomic E-state index is -1.26. The monoisotopic (exact) mass is 792 g/mol. The maximum Gasteiger partial charge on any atom is 0.418 e. The number of nitrogens with one attached hydrogen (secondary N) is 3. The Labute approximate surface area is 333 Å². The molecular weight excluding hydrogens is 736 g/mol. The number of benzene rings is 2. The molecule has 57 heavy (non-hydrogen) atoms. The van der Waals surface area contributed by atoms with E-state index in [2.05, 4.69) is 20.8 Å². The van der Waals surface area contributed by atoms with Crippen molar-refractivity contribution in [2.75, 3.05) is 7.11 Å². The van der Waals surface area contributed by atoms with Crippen molar-refractivity contribution in [1.29, 1.82) is 0 Å². The van der Waals surface area contributed by atoms with E-state index in [1.54, 1.807) is 35.4 Å². The molecule has 0 spiro atoms. The lowest BCUT2D eigenvalue weighted by Gasteiger charge is -2.40. The molecule has 1 aliphatic rings. The fourth-order valence-corrected chi connectivity index (χ4v) is 7.13. The predicted octanol–water partition coefficient (Wildman–Crippen LogP) is 6.05. The average Bonchev–Trinajstić information content (AvgIpc) is 3.52. The van der Waals surface area contributed by atoms with Crippen LogP contribution >= 0.6 is 0 Å². The van der Waals surface area contributed by atoms with Gasteiger partial charge in [0.15, 0.2) is 0 Å². The molecule has 1 aliphatic heterocycles. The number of urea groups is 1. The van der Waals surface area contributed by atoms with Crippen LogP contribution in [0.25, 0.3) is 10.9 Å². The topological polar surface area (TPSA) is 200 Å². The van der Waals surface area contributed by atoms with E-state index in [4.69, 9.17) is 9.47 Å². The normalized spacial score (nSPS) is 17.1. The van der Waals surface area contributed by atoms with E-state index >= 15 is 0 Å².